The second kappa shape index (κ2) is 6.57. The lowest BCUT2D eigenvalue weighted by Crippen LogP contribution is -2.24. The first-order valence-electron chi connectivity index (χ1n) is 5.79. The van der Waals surface area contributed by atoms with Gasteiger partial charge in [0.15, 0.2) is 11.6 Å². The average molecular weight is 241 g/mol. The summed E-state index contributed by atoms with van der Waals surface area (Å²) in [7, 11) is 1.42. The van der Waals surface area contributed by atoms with Crippen LogP contribution in [-0.2, 0) is 0 Å². The Hall–Kier alpha value is -1.13. The molecule has 1 unspecified atom stereocenters. The van der Waals surface area contributed by atoms with Crippen molar-refractivity contribution in [1.82, 2.24) is 5.32 Å². The fourth-order valence-corrected chi connectivity index (χ4v) is 1.57. The first-order valence-corrected chi connectivity index (χ1v) is 5.79. The van der Waals surface area contributed by atoms with Gasteiger partial charge in [0.25, 0.3) is 0 Å². The Labute approximate surface area is 102 Å². The summed E-state index contributed by atoms with van der Waals surface area (Å²) >= 11 is 0. The number of rotatable bonds is 6. The van der Waals surface area contributed by atoms with E-state index in [1.165, 1.54) is 19.2 Å². The monoisotopic (exact) mass is 241 g/mol. The second-order valence-corrected chi connectivity index (χ2v) is 4.31. The first kappa shape index (κ1) is 13.9. The third kappa shape index (κ3) is 4.32. The number of aliphatic hydroxyl groups excluding tert-OH is 1. The molecule has 1 rings (SSSR count). The quantitative estimate of drug-likeness (QED) is 0.802. The Morgan fingerprint density at radius 1 is 1.41 bits per heavy atom. The molecule has 96 valence electrons. The highest BCUT2D eigenvalue weighted by Crippen LogP contribution is 2.23. The predicted molar refractivity (Wildman–Crippen MR) is 65.7 cm³/mol. The van der Waals surface area contributed by atoms with Crippen LogP contribution < -0.4 is 10.1 Å². The average Bonchev–Trinajstić information content (AvgIpc) is 2.28. The number of hydrogen-bond acceptors (Lipinski definition) is 3. The molecular weight excluding hydrogens is 221 g/mol. The van der Waals surface area contributed by atoms with E-state index in [4.69, 9.17) is 4.74 Å². The third-order valence-corrected chi connectivity index (χ3v) is 2.53. The molecule has 0 fully saturated rings. The highest BCUT2D eigenvalue weighted by molar-refractivity contribution is 5.30. The van der Waals surface area contributed by atoms with Crippen LogP contribution in [0.3, 0.4) is 0 Å². The summed E-state index contributed by atoms with van der Waals surface area (Å²) in [6.07, 6.45) is -0.0918. The van der Waals surface area contributed by atoms with Crippen LogP contribution in [-0.4, -0.2) is 24.8 Å². The van der Waals surface area contributed by atoms with Crippen LogP contribution in [0.15, 0.2) is 18.2 Å². The highest BCUT2D eigenvalue weighted by Gasteiger charge is 2.11. The van der Waals surface area contributed by atoms with Crippen molar-refractivity contribution < 1.29 is 14.2 Å². The summed E-state index contributed by atoms with van der Waals surface area (Å²) in [5.74, 6) is -0.248. The molecule has 17 heavy (non-hydrogen) atoms. The molecule has 1 atom stereocenters. The van der Waals surface area contributed by atoms with Crippen LogP contribution in [0, 0.1) is 5.82 Å². The van der Waals surface area contributed by atoms with Gasteiger partial charge in [0.05, 0.1) is 13.2 Å². The maximum absolute atomic E-state index is 13.4. The van der Waals surface area contributed by atoms with Crippen molar-refractivity contribution in [3.05, 3.63) is 29.6 Å². The van der Waals surface area contributed by atoms with Gasteiger partial charge in [-0.15, -0.1) is 0 Å². The van der Waals surface area contributed by atoms with E-state index in [1.807, 2.05) is 13.8 Å². The highest BCUT2D eigenvalue weighted by atomic mass is 19.1. The number of halogens is 1. The van der Waals surface area contributed by atoms with Gasteiger partial charge in [0.1, 0.15) is 0 Å². The fraction of sp³-hybridized carbons (Fsp3) is 0.538. The van der Waals surface area contributed by atoms with E-state index in [2.05, 4.69) is 5.32 Å². The van der Waals surface area contributed by atoms with Gasteiger partial charge < -0.3 is 15.2 Å². The molecule has 0 saturated carbocycles. The van der Waals surface area contributed by atoms with Crippen LogP contribution in [0.25, 0.3) is 0 Å². The van der Waals surface area contributed by atoms with Gasteiger partial charge in [-0.2, -0.15) is 0 Å². The number of benzene rings is 1. The van der Waals surface area contributed by atoms with Crippen molar-refractivity contribution in [2.24, 2.45) is 0 Å². The molecule has 0 heterocycles. The molecule has 0 aliphatic carbocycles. The van der Waals surface area contributed by atoms with E-state index in [0.717, 1.165) is 0 Å². The Balaban J connectivity index is 2.57. The molecule has 4 heteroatoms. The fourth-order valence-electron chi connectivity index (χ4n) is 1.57. The van der Waals surface area contributed by atoms with Crippen molar-refractivity contribution in [3.8, 4) is 5.75 Å². The standard InChI is InChI=1S/C13H20FNO2/c1-9(2)15-7-6-12(16)10-4-5-13(17-3)11(14)8-10/h4-5,8-9,12,15-16H,6-7H2,1-3H3. The molecule has 0 amide bonds. The van der Waals surface area contributed by atoms with Gasteiger partial charge >= 0.3 is 0 Å². The minimum Gasteiger partial charge on any atom is -0.494 e. The summed E-state index contributed by atoms with van der Waals surface area (Å²) < 4.78 is 18.2. The summed E-state index contributed by atoms with van der Waals surface area (Å²) in [4.78, 5) is 0. The molecule has 1 aromatic carbocycles. The smallest absolute Gasteiger partial charge is 0.165 e. The van der Waals surface area contributed by atoms with Crippen molar-refractivity contribution in [2.75, 3.05) is 13.7 Å². The van der Waals surface area contributed by atoms with E-state index < -0.39 is 11.9 Å². The number of nitrogens with one attached hydrogen (secondary N) is 1. The summed E-state index contributed by atoms with van der Waals surface area (Å²) in [6, 6.07) is 4.92. The van der Waals surface area contributed by atoms with Crippen LogP contribution in [0.4, 0.5) is 4.39 Å². The molecule has 0 aliphatic rings. The lowest BCUT2D eigenvalue weighted by Gasteiger charge is -2.14. The van der Waals surface area contributed by atoms with Gasteiger partial charge in [-0.25, -0.2) is 4.39 Å². The minimum absolute atomic E-state index is 0.196. The first-order chi connectivity index (χ1) is 8.04. The molecule has 3 nitrogen and oxygen atoms in total. The minimum atomic E-state index is -0.651. The second-order valence-electron chi connectivity index (χ2n) is 4.31. The maximum atomic E-state index is 13.4. The molecule has 0 aromatic heterocycles. The van der Waals surface area contributed by atoms with Crippen molar-refractivity contribution in [3.63, 3.8) is 0 Å². The Morgan fingerprint density at radius 2 is 2.12 bits per heavy atom. The molecule has 0 radical (unpaired) electrons. The molecule has 2 N–H and O–H groups in total. The summed E-state index contributed by atoms with van der Waals surface area (Å²) in [5, 5.41) is 13.1. The number of ether oxygens (including phenoxy) is 1. The van der Waals surface area contributed by atoms with E-state index in [1.54, 1.807) is 6.07 Å². The molecule has 0 saturated heterocycles. The van der Waals surface area contributed by atoms with Crippen LogP contribution in [0.2, 0.25) is 0 Å². The van der Waals surface area contributed by atoms with Crippen LogP contribution in [0.5, 0.6) is 5.75 Å². The van der Waals surface area contributed by atoms with E-state index in [0.29, 0.717) is 24.6 Å². The lowest BCUT2D eigenvalue weighted by atomic mass is 10.1. The van der Waals surface area contributed by atoms with Crippen molar-refractivity contribution in [1.29, 1.82) is 0 Å². The third-order valence-electron chi connectivity index (χ3n) is 2.53. The molecule has 0 spiro atoms. The topological polar surface area (TPSA) is 41.5 Å². The van der Waals surface area contributed by atoms with Gasteiger partial charge in [-0.3, -0.25) is 0 Å². The normalized spacial score (nSPS) is 12.8. The number of methoxy groups -OCH3 is 1. The van der Waals surface area contributed by atoms with Gasteiger partial charge in [-0.1, -0.05) is 19.9 Å². The van der Waals surface area contributed by atoms with Crippen LogP contribution in [0.1, 0.15) is 31.9 Å². The van der Waals surface area contributed by atoms with Crippen molar-refractivity contribution in [2.45, 2.75) is 32.4 Å². The maximum Gasteiger partial charge on any atom is 0.165 e. The Morgan fingerprint density at radius 3 is 2.65 bits per heavy atom. The lowest BCUT2D eigenvalue weighted by molar-refractivity contribution is 0.165. The van der Waals surface area contributed by atoms with Crippen molar-refractivity contribution >= 4 is 0 Å². The molecular formula is C13H20FNO2. The van der Waals surface area contributed by atoms with Gasteiger partial charge in [0.2, 0.25) is 0 Å². The zero-order chi connectivity index (χ0) is 12.8. The van der Waals surface area contributed by atoms with E-state index >= 15 is 0 Å². The van der Waals surface area contributed by atoms with E-state index in [-0.39, 0.29) is 5.75 Å². The predicted octanol–water partition coefficient (Wildman–Crippen LogP) is 2.26. The Bertz CT molecular complexity index is 355. The number of aliphatic hydroxyl groups is 1. The zero-order valence-electron chi connectivity index (χ0n) is 10.5. The van der Waals surface area contributed by atoms with Crippen LogP contribution >= 0.6 is 0 Å². The molecule has 0 bridgehead atoms. The summed E-state index contributed by atoms with van der Waals surface area (Å²) in [5.41, 5.74) is 0.578. The Kier molecular flexibility index (Phi) is 5.38. The molecule has 0 aliphatic heterocycles. The SMILES string of the molecule is COc1ccc(C(O)CCNC(C)C)cc1F. The molecule has 1 aromatic rings. The zero-order valence-corrected chi connectivity index (χ0v) is 10.5. The largest absolute Gasteiger partial charge is 0.494 e. The number of hydrogen-bond donors (Lipinski definition) is 2. The van der Waals surface area contributed by atoms with Gasteiger partial charge in [-0.05, 0) is 30.7 Å². The van der Waals surface area contributed by atoms with E-state index in [9.17, 15) is 9.50 Å². The summed E-state index contributed by atoms with van der Waals surface area (Å²) in [6.45, 7) is 4.78. The van der Waals surface area contributed by atoms with Gasteiger partial charge in [0, 0.05) is 6.04 Å².